The quantitative estimate of drug-likeness (QED) is 0.740. The van der Waals surface area contributed by atoms with Crippen LogP contribution in [0, 0.1) is 0 Å². The minimum Gasteiger partial charge on any atom is -0.497 e. The van der Waals surface area contributed by atoms with E-state index < -0.39 is 0 Å². The summed E-state index contributed by atoms with van der Waals surface area (Å²) in [7, 11) is 1.67. The average Bonchev–Trinajstić information content (AvgIpc) is 2.03. The van der Waals surface area contributed by atoms with Crippen molar-refractivity contribution in [2.24, 2.45) is 5.73 Å². The lowest BCUT2D eigenvalue weighted by molar-refractivity contribution is 0.414. The zero-order valence-electron chi connectivity index (χ0n) is 7.58. The van der Waals surface area contributed by atoms with E-state index in [1.165, 1.54) is 5.56 Å². The maximum Gasteiger partial charge on any atom is 0.119 e. The highest BCUT2D eigenvalue weighted by molar-refractivity contribution is 5.28. The molecule has 12 heavy (non-hydrogen) atoms. The van der Waals surface area contributed by atoms with E-state index in [1.54, 1.807) is 7.11 Å². The van der Waals surface area contributed by atoms with Crippen LogP contribution >= 0.6 is 0 Å². The van der Waals surface area contributed by atoms with Crippen molar-refractivity contribution in [3.8, 4) is 5.75 Å². The van der Waals surface area contributed by atoms with E-state index in [0.717, 1.165) is 12.2 Å². The Bertz CT molecular complexity index is 245. The van der Waals surface area contributed by atoms with Gasteiger partial charge in [-0.3, -0.25) is 0 Å². The minimum absolute atomic E-state index is 0.206. The van der Waals surface area contributed by atoms with Gasteiger partial charge >= 0.3 is 0 Å². The first-order chi connectivity index (χ1) is 5.72. The van der Waals surface area contributed by atoms with Crippen molar-refractivity contribution in [2.45, 2.75) is 19.4 Å². The molecule has 2 heteroatoms. The first-order valence-electron chi connectivity index (χ1n) is 4.11. The van der Waals surface area contributed by atoms with E-state index >= 15 is 0 Å². The van der Waals surface area contributed by atoms with Crippen molar-refractivity contribution < 1.29 is 4.74 Å². The highest BCUT2D eigenvalue weighted by Crippen LogP contribution is 2.13. The van der Waals surface area contributed by atoms with E-state index in [-0.39, 0.29) is 6.04 Å². The topological polar surface area (TPSA) is 35.2 Å². The molecule has 0 saturated carbocycles. The van der Waals surface area contributed by atoms with E-state index in [2.05, 4.69) is 6.07 Å². The van der Waals surface area contributed by atoms with Crippen LogP contribution in [0.1, 0.15) is 12.5 Å². The molecule has 0 aliphatic carbocycles. The lowest BCUT2D eigenvalue weighted by atomic mass is 10.1. The number of ether oxygens (including phenoxy) is 1. The van der Waals surface area contributed by atoms with Crippen molar-refractivity contribution >= 4 is 0 Å². The van der Waals surface area contributed by atoms with Gasteiger partial charge in [-0.05, 0) is 31.0 Å². The standard InChI is InChI=1S/C10H15NO/c1-8(11)6-9-4-3-5-10(7-9)12-2/h3-5,7-8H,6,11H2,1-2H3/i4+1. The Morgan fingerprint density at radius 1 is 1.50 bits per heavy atom. The fourth-order valence-electron chi connectivity index (χ4n) is 1.17. The molecule has 2 nitrogen and oxygen atoms in total. The van der Waals surface area contributed by atoms with Crippen LogP contribution in [-0.4, -0.2) is 13.2 Å². The molecule has 0 aliphatic rings. The van der Waals surface area contributed by atoms with Gasteiger partial charge < -0.3 is 10.5 Å². The molecular formula is C10H15NO. The van der Waals surface area contributed by atoms with Crippen molar-refractivity contribution in [2.75, 3.05) is 7.11 Å². The Morgan fingerprint density at radius 3 is 2.83 bits per heavy atom. The molecule has 0 amide bonds. The second-order valence-corrected chi connectivity index (χ2v) is 3.03. The Balaban J connectivity index is 2.72. The number of benzene rings is 1. The molecule has 0 heterocycles. The lowest BCUT2D eigenvalue weighted by Gasteiger charge is -2.06. The third-order valence-corrected chi connectivity index (χ3v) is 1.69. The summed E-state index contributed by atoms with van der Waals surface area (Å²) in [4.78, 5) is 0. The number of hydrogen-bond acceptors (Lipinski definition) is 2. The third kappa shape index (κ3) is 2.55. The van der Waals surface area contributed by atoms with Crippen LogP contribution in [0.5, 0.6) is 5.75 Å². The molecule has 0 spiro atoms. The summed E-state index contributed by atoms with van der Waals surface area (Å²) >= 11 is 0. The highest BCUT2D eigenvalue weighted by Gasteiger charge is 1.98. The van der Waals surface area contributed by atoms with E-state index in [4.69, 9.17) is 10.5 Å². The van der Waals surface area contributed by atoms with Crippen molar-refractivity contribution in [1.82, 2.24) is 0 Å². The summed E-state index contributed by atoms with van der Waals surface area (Å²) in [6.45, 7) is 2.00. The van der Waals surface area contributed by atoms with E-state index in [1.807, 2.05) is 25.1 Å². The predicted octanol–water partition coefficient (Wildman–Crippen LogP) is 1.58. The SMILES string of the molecule is COc1cc[13cH]c(CC(C)N)c1. The fourth-order valence-corrected chi connectivity index (χ4v) is 1.17. The van der Waals surface area contributed by atoms with Crippen LogP contribution in [-0.2, 0) is 6.42 Å². The molecule has 1 atom stereocenters. The molecule has 0 aliphatic heterocycles. The molecule has 0 radical (unpaired) electrons. The van der Waals surface area contributed by atoms with Crippen LogP contribution in [0.2, 0.25) is 0 Å². The molecule has 0 fully saturated rings. The number of rotatable bonds is 3. The van der Waals surface area contributed by atoms with Crippen LogP contribution in [0.4, 0.5) is 0 Å². The monoisotopic (exact) mass is 166 g/mol. The third-order valence-electron chi connectivity index (χ3n) is 1.69. The molecule has 0 aromatic heterocycles. The van der Waals surface area contributed by atoms with Gasteiger partial charge in [0.25, 0.3) is 0 Å². The Morgan fingerprint density at radius 2 is 2.25 bits per heavy atom. The molecule has 0 bridgehead atoms. The number of hydrogen-bond donors (Lipinski definition) is 1. The van der Waals surface area contributed by atoms with Gasteiger partial charge in [-0.15, -0.1) is 0 Å². The zero-order valence-corrected chi connectivity index (χ0v) is 7.58. The van der Waals surface area contributed by atoms with Crippen molar-refractivity contribution in [3.63, 3.8) is 0 Å². The summed E-state index contributed by atoms with van der Waals surface area (Å²) < 4.78 is 5.10. The van der Waals surface area contributed by atoms with E-state index in [0.29, 0.717) is 0 Å². The Hall–Kier alpha value is -1.02. The number of methoxy groups -OCH3 is 1. The maximum absolute atomic E-state index is 5.68. The molecule has 1 aromatic carbocycles. The Kier molecular flexibility index (Phi) is 3.11. The summed E-state index contributed by atoms with van der Waals surface area (Å²) in [6, 6.07) is 8.20. The van der Waals surface area contributed by atoms with Gasteiger partial charge in [-0.25, -0.2) is 0 Å². The first kappa shape index (κ1) is 9.07. The van der Waals surface area contributed by atoms with Gasteiger partial charge in [-0.2, -0.15) is 0 Å². The minimum atomic E-state index is 0.206. The van der Waals surface area contributed by atoms with Crippen LogP contribution in [0.3, 0.4) is 0 Å². The van der Waals surface area contributed by atoms with Gasteiger partial charge in [0.15, 0.2) is 0 Å². The summed E-state index contributed by atoms with van der Waals surface area (Å²) in [6.07, 6.45) is 0.900. The van der Waals surface area contributed by atoms with Crippen molar-refractivity contribution in [3.05, 3.63) is 29.8 Å². The van der Waals surface area contributed by atoms with Crippen LogP contribution in [0.15, 0.2) is 24.3 Å². The molecule has 2 N–H and O–H groups in total. The second kappa shape index (κ2) is 4.12. The molecule has 0 saturated heterocycles. The first-order valence-corrected chi connectivity index (χ1v) is 4.11. The van der Waals surface area contributed by atoms with Gasteiger partial charge in [0.1, 0.15) is 5.75 Å². The fraction of sp³-hybridized carbons (Fsp3) is 0.400. The van der Waals surface area contributed by atoms with Gasteiger partial charge in [0.2, 0.25) is 0 Å². The average molecular weight is 166 g/mol. The van der Waals surface area contributed by atoms with Gasteiger partial charge in [-0.1, -0.05) is 12.1 Å². The summed E-state index contributed by atoms with van der Waals surface area (Å²) in [5, 5.41) is 0. The van der Waals surface area contributed by atoms with E-state index in [9.17, 15) is 0 Å². The van der Waals surface area contributed by atoms with Gasteiger partial charge in [0.05, 0.1) is 7.11 Å². The van der Waals surface area contributed by atoms with Crippen LogP contribution < -0.4 is 10.5 Å². The molecule has 1 unspecified atom stereocenters. The smallest absolute Gasteiger partial charge is 0.119 e. The summed E-state index contributed by atoms with van der Waals surface area (Å²) in [5.41, 5.74) is 6.90. The number of nitrogens with two attached hydrogens (primary N) is 1. The molecule has 1 rings (SSSR count). The maximum atomic E-state index is 5.68. The summed E-state index contributed by atoms with van der Waals surface area (Å²) in [5.74, 6) is 0.896. The zero-order chi connectivity index (χ0) is 8.97. The molecule has 66 valence electrons. The normalized spacial score (nSPS) is 12.6. The van der Waals surface area contributed by atoms with Crippen LogP contribution in [0.25, 0.3) is 0 Å². The molecular weight excluding hydrogens is 151 g/mol. The largest absolute Gasteiger partial charge is 0.497 e. The second-order valence-electron chi connectivity index (χ2n) is 3.03. The van der Waals surface area contributed by atoms with Gasteiger partial charge in [0, 0.05) is 6.04 Å². The predicted molar refractivity (Wildman–Crippen MR) is 50.3 cm³/mol. The Labute approximate surface area is 73.3 Å². The lowest BCUT2D eigenvalue weighted by Crippen LogP contribution is -2.17. The highest BCUT2D eigenvalue weighted by atomic mass is 16.5. The molecule has 1 aromatic rings. The van der Waals surface area contributed by atoms with Crippen molar-refractivity contribution in [1.29, 1.82) is 0 Å².